The molecule has 0 saturated carbocycles. The van der Waals surface area contributed by atoms with Gasteiger partial charge in [-0.05, 0) is 23.6 Å². The number of aromatic hydroxyl groups is 1. The van der Waals surface area contributed by atoms with Crippen molar-refractivity contribution in [2.45, 2.75) is 0 Å². The number of thiophene rings is 1. The van der Waals surface area contributed by atoms with Crippen molar-refractivity contribution < 1.29 is 9.90 Å². The predicted molar refractivity (Wildman–Crippen MR) is 58.2 cm³/mol. The van der Waals surface area contributed by atoms with E-state index in [-0.39, 0.29) is 11.4 Å². The molecule has 0 saturated heterocycles. The summed E-state index contributed by atoms with van der Waals surface area (Å²) in [4.78, 5) is 15.4. The molecule has 0 spiro atoms. The molecule has 15 heavy (non-hydrogen) atoms. The fourth-order valence-electron chi connectivity index (χ4n) is 1.10. The van der Waals surface area contributed by atoms with Gasteiger partial charge in [-0.15, -0.1) is 0 Å². The van der Waals surface area contributed by atoms with Crippen LogP contribution in [0.5, 0.6) is 5.75 Å². The zero-order valence-electron chi connectivity index (χ0n) is 7.68. The van der Waals surface area contributed by atoms with Crippen LogP contribution in [0.1, 0.15) is 10.5 Å². The summed E-state index contributed by atoms with van der Waals surface area (Å²) < 4.78 is 0. The Morgan fingerprint density at radius 2 is 2.33 bits per heavy atom. The summed E-state index contributed by atoms with van der Waals surface area (Å²) in [6, 6.07) is 4.77. The summed E-state index contributed by atoms with van der Waals surface area (Å²) in [7, 11) is 0. The number of pyridine rings is 1. The van der Waals surface area contributed by atoms with Crippen LogP contribution in [0, 0.1) is 0 Å². The lowest BCUT2D eigenvalue weighted by Gasteiger charge is -2.03. The van der Waals surface area contributed by atoms with E-state index in [1.807, 2.05) is 5.38 Å². The first-order valence-electron chi connectivity index (χ1n) is 4.25. The minimum Gasteiger partial charge on any atom is -0.505 e. The smallest absolute Gasteiger partial charge is 0.278 e. The quantitative estimate of drug-likeness (QED) is 0.814. The molecule has 0 radical (unpaired) electrons. The van der Waals surface area contributed by atoms with Gasteiger partial charge in [-0.25, -0.2) is 4.98 Å². The first kappa shape index (κ1) is 9.67. The van der Waals surface area contributed by atoms with Crippen molar-refractivity contribution in [3.05, 3.63) is 40.8 Å². The van der Waals surface area contributed by atoms with Crippen LogP contribution in [0.15, 0.2) is 35.2 Å². The molecular weight excluding hydrogens is 212 g/mol. The molecule has 0 aliphatic heterocycles. The molecule has 2 N–H and O–H groups in total. The summed E-state index contributed by atoms with van der Waals surface area (Å²) in [5, 5.41) is 15.7. The Balaban J connectivity index is 2.19. The zero-order chi connectivity index (χ0) is 10.7. The standard InChI is InChI=1S/C10H8N2O2S/c13-8-2-1-4-11-9(8)10(14)12-7-3-5-15-6-7/h1-6,13H,(H,12,14). The minimum absolute atomic E-state index is 0.0312. The summed E-state index contributed by atoms with van der Waals surface area (Å²) in [5.74, 6) is -0.531. The second kappa shape index (κ2) is 4.10. The van der Waals surface area contributed by atoms with Crippen molar-refractivity contribution in [2.75, 3.05) is 5.32 Å². The van der Waals surface area contributed by atoms with Gasteiger partial charge in [-0.3, -0.25) is 4.79 Å². The van der Waals surface area contributed by atoms with Crippen LogP contribution in [-0.4, -0.2) is 16.0 Å². The number of carbonyl (C=O) groups excluding carboxylic acids is 1. The largest absolute Gasteiger partial charge is 0.505 e. The normalized spacial score (nSPS) is 9.87. The van der Waals surface area contributed by atoms with Crippen molar-refractivity contribution in [3.63, 3.8) is 0 Å². The lowest BCUT2D eigenvalue weighted by atomic mass is 10.3. The van der Waals surface area contributed by atoms with Gasteiger partial charge >= 0.3 is 0 Å². The highest BCUT2D eigenvalue weighted by atomic mass is 32.1. The topological polar surface area (TPSA) is 62.2 Å². The van der Waals surface area contributed by atoms with Gasteiger partial charge in [0.2, 0.25) is 0 Å². The number of amides is 1. The summed E-state index contributed by atoms with van der Waals surface area (Å²) in [5.41, 5.74) is 0.735. The van der Waals surface area contributed by atoms with E-state index in [9.17, 15) is 9.90 Å². The number of hydrogen-bond acceptors (Lipinski definition) is 4. The number of nitrogens with zero attached hydrogens (tertiary/aromatic N) is 1. The van der Waals surface area contributed by atoms with E-state index < -0.39 is 5.91 Å². The molecule has 0 unspecified atom stereocenters. The van der Waals surface area contributed by atoms with Crippen molar-refractivity contribution in [3.8, 4) is 5.75 Å². The van der Waals surface area contributed by atoms with Gasteiger partial charge in [0.15, 0.2) is 5.69 Å². The van der Waals surface area contributed by atoms with Crippen molar-refractivity contribution in [1.29, 1.82) is 0 Å². The zero-order valence-corrected chi connectivity index (χ0v) is 8.49. The van der Waals surface area contributed by atoms with Crippen LogP contribution in [0.2, 0.25) is 0 Å². The first-order chi connectivity index (χ1) is 7.27. The maximum atomic E-state index is 11.6. The Labute approximate surface area is 90.2 Å². The third kappa shape index (κ3) is 2.13. The first-order valence-corrected chi connectivity index (χ1v) is 5.19. The predicted octanol–water partition coefficient (Wildman–Crippen LogP) is 2.10. The molecule has 2 heterocycles. The molecule has 1 amide bonds. The maximum absolute atomic E-state index is 11.6. The van der Waals surface area contributed by atoms with Gasteiger partial charge < -0.3 is 10.4 Å². The van der Waals surface area contributed by atoms with E-state index in [0.717, 1.165) is 0 Å². The molecule has 0 aromatic carbocycles. The van der Waals surface area contributed by atoms with E-state index in [1.165, 1.54) is 23.6 Å². The summed E-state index contributed by atoms with van der Waals surface area (Å²) in [6.07, 6.45) is 1.46. The van der Waals surface area contributed by atoms with Gasteiger partial charge in [-0.2, -0.15) is 11.3 Å². The van der Waals surface area contributed by atoms with Gasteiger partial charge in [0.25, 0.3) is 5.91 Å². The Hall–Kier alpha value is -1.88. The Bertz CT molecular complexity index is 468. The Kier molecular flexibility index (Phi) is 2.64. The van der Waals surface area contributed by atoms with E-state index in [1.54, 1.807) is 17.5 Å². The van der Waals surface area contributed by atoms with Crippen LogP contribution in [0.4, 0.5) is 5.69 Å². The van der Waals surface area contributed by atoms with Crippen LogP contribution in [-0.2, 0) is 0 Å². The van der Waals surface area contributed by atoms with Gasteiger partial charge in [0, 0.05) is 11.6 Å². The number of hydrogen-bond donors (Lipinski definition) is 2. The molecular formula is C10H8N2O2S. The fourth-order valence-corrected chi connectivity index (χ4v) is 1.69. The molecule has 0 aliphatic carbocycles. The lowest BCUT2D eigenvalue weighted by molar-refractivity contribution is 0.101. The summed E-state index contributed by atoms with van der Waals surface area (Å²) >= 11 is 1.48. The van der Waals surface area contributed by atoms with Crippen LogP contribution >= 0.6 is 11.3 Å². The monoisotopic (exact) mass is 220 g/mol. The number of carbonyl (C=O) groups is 1. The highest BCUT2D eigenvalue weighted by molar-refractivity contribution is 7.08. The minimum atomic E-state index is -0.411. The highest BCUT2D eigenvalue weighted by Crippen LogP contribution is 2.16. The van der Waals surface area contributed by atoms with Crippen molar-refractivity contribution in [1.82, 2.24) is 4.98 Å². The third-order valence-corrected chi connectivity index (χ3v) is 2.46. The molecule has 0 aliphatic rings. The number of nitrogens with one attached hydrogen (secondary N) is 1. The number of aromatic nitrogens is 1. The third-order valence-electron chi connectivity index (χ3n) is 1.78. The molecule has 76 valence electrons. The molecule has 0 fully saturated rings. The molecule has 2 aromatic rings. The average molecular weight is 220 g/mol. The van der Waals surface area contributed by atoms with E-state index in [0.29, 0.717) is 5.69 Å². The maximum Gasteiger partial charge on any atom is 0.278 e. The van der Waals surface area contributed by atoms with Crippen molar-refractivity contribution in [2.24, 2.45) is 0 Å². The second-order valence-electron chi connectivity index (χ2n) is 2.84. The lowest BCUT2D eigenvalue weighted by Crippen LogP contribution is -2.13. The average Bonchev–Trinajstić information content (AvgIpc) is 2.71. The molecule has 0 bridgehead atoms. The van der Waals surface area contributed by atoms with Crippen molar-refractivity contribution >= 4 is 22.9 Å². The molecule has 4 nitrogen and oxygen atoms in total. The fraction of sp³-hybridized carbons (Fsp3) is 0. The second-order valence-corrected chi connectivity index (χ2v) is 3.62. The van der Waals surface area contributed by atoms with Gasteiger partial charge in [-0.1, -0.05) is 0 Å². The van der Waals surface area contributed by atoms with Crippen LogP contribution in [0.3, 0.4) is 0 Å². The number of rotatable bonds is 2. The molecule has 2 aromatic heterocycles. The number of anilines is 1. The Morgan fingerprint density at radius 3 is 3.00 bits per heavy atom. The molecule has 2 rings (SSSR count). The van der Waals surface area contributed by atoms with Gasteiger partial charge in [0.1, 0.15) is 5.75 Å². The van der Waals surface area contributed by atoms with Crippen LogP contribution < -0.4 is 5.32 Å². The molecule has 0 atom stereocenters. The Morgan fingerprint density at radius 1 is 1.47 bits per heavy atom. The van der Waals surface area contributed by atoms with Crippen LogP contribution in [0.25, 0.3) is 0 Å². The van der Waals surface area contributed by atoms with E-state index >= 15 is 0 Å². The highest BCUT2D eigenvalue weighted by Gasteiger charge is 2.11. The van der Waals surface area contributed by atoms with E-state index in [4.69, 9.17) is 0 Å². The molecule has 5 heteroatoms. The van der Waals surface area contributed by atoms with Gasteiger partial charge in [0.05, 0.1) is 5.69 Å². The summed E-state index contributed by atoms with van der Waals surface area (Å²) in [6.45, 7) is 0. The van der Waals surface area contributed by atoms with E-state index in [2.05, 4.69) is 10.3 Å². The SMILES string of the molecule is O=C(Nc1ccsc1)c1ncccc1O.